The lowest BCUT2D eigenvalue weighted by molar-refractivity contribution is -0.387. The van der Waals surface area contributed by atoms with E-state index in [9.17, 15) is 35.0 Å². The highest BCUT2D eigenvalue weighted by Crippen LogP contribution is 2.32. The van der Waals surface area contributed by atoms with Crippen LogP contribution in [0.4, 0.5) is 10.5 Å². The number of likely N-dealkylation sites (N-methyl/N-ethyl adjacent to an activating group) is 2. The van der Waals surface area contributed by atoms with Gasteiger partial charge in [-0.05, 0) is 11.6 Å². The highest BCUT2D eigenvalue weighted by molar-refractivity contribution is 5.77. The van der Waals surface area contributed by atoms with E-state index in [4.69, 9.17) is 14.2 Å². The summed E-state index contributed by atoms with van der Waals surface area (Å²) in [5, 5.41) is 40.7. The van der Waals surface area contributed by atoms with Crippen molar-refractivity contribution in [2.24, 2.45) is 5.92 Å². The molecule has 13 nitrogen and oxygen atoms in total. The van der Waals surface area contributed by atoms with Crippen LogP contribution in [0.3, 0.4) is 0 Å². The second-order valence-electron chi connectivity index (χ2n) is 8.66. The fourth-order valence-corrected chi connectivity index (χ4v) is 3.35. The fraction of sp³-hybridized carbons (Fsp3) is 0.636. The first-order valence-electron chi connectivity index (χ1n) is 11.1. The van der Waals surface area contributed by atoms with Crippen molar-refractivity contribution in [2.45, 2.75) is 51.5 Å². The van der Waals surface area contributed by atoms with Gasteiger partial charge in [0.05, 0.1) is 17.6 Å². The normalized spacial score (nSPS) is 21.9. The van der Waals surface area contributed by atoms with Crippen LogP contribution in [0.15, 0.2) is 18.2 Å². The minimum atomic E-state index is -1.33. The lowest BCUT2D eigenvalue weighted by atomic mass is 10.0. The van der Waals surface area contributed by atoms with E-state index >= 15 is 0 Å². The molecule has 1 aromatic carbocycles. The Labute approximate surface area is 202 Å². The molecular weight excluding hydrogens is 466 g/mol. The average Bonchev–Trinajstić information content (AvgIpc) is 2.82. The van der Waals surface area contributed by atoms with Crippen molar-refractivity contribution in [3.8, 4) is 5.75 Å². The van der Waals surface area contributed by atoms with Gasteiger partial charge in [0, 0.05) is 45.6 Å². The number of carbonyl (C=O) groups excluding carboxylic acids is 2. The molecule has 4 atom stereocenters. The summed E-state index contributed by atoms with van der Waals surface area (Å²) in [4.78, 5) is 37.9. The smallest absolute Gasteiger partial charge is 0.409 e. The van der Waals surface area contributed by atoms with Crippen LogP contribution in [0.1, 0.15) is 25.8 Å². The van der Waals surface area contributed by atoms with Crippen molar-refractivity contribution in [1.29, 1.82) is 0 Å². The number of ether oxygens (including phenoxy) is 3. The molecule has 1 saturated heterocycles. The third kappa shape index (κ3) is 7.75. The summed E-state index contributed by atoms with van der Waals surface area (Å²) in [6.07, 6.45) is -5.49. The lowest BCUT2D eigenvalue weighted by Gasteiger charge is -2.36. The van der Waals surface area contributed by atoms with Crippen LogP contribution in [0, 0.1) is 16.0 Å². The number of amides is 2. The molecule has 35 heavy (non-hydrogen) atoms. The van der Waals surface area contributed by atoms with E-state index in [0.717, 1.165) is 0 Å². The summed E-state index contributed by atoms with van der Waals surface area (Å²) in [5.41, 5.74) is -0.116. The van der Waals surface area contributed by atoms with Gasteiger partial charge in [0.15, 0.2) is 5.75 Å². The zero-order valence-electron chi connectivity index (χ0n) is 20.2. The highest BCUT2D eigenvalue weighted by Gasteiger charge is 2.38. The Kier molecular flexibility index (Phi) is 10.2. The number of rotatable bonds is 10. The third-order valence-electron chi connectivity index (χ3n) is 5.49. The van der Waals surface area contributed by atoms with Gasteiger partial charge in [0.25, 0.3) is 0 Å². The second-order valence-corrected chi connectivity index (χ2v) is 8.66. The number of hydrogen-bond acceptors (Lipinski definition) is 10. The molecule has 0 saturated carbocycles. The largest absolute Gasteiger partial charge is 0.455 e. The Bertz CT molecular complexity index is 896. The zero-order chi connectivity index (χ0) is 26.3. The molecule has 1 fully saturated rings. The van der Waals surface area contributed by atoms with Gasteiger partial charge in [-0.3, -0.25) is 14.9 Å². The molecule has 1 aromatic rings. The van der Waals surface area contributed by atoms with Crippen LogP contribution in [0.25, 0.3) is 0 Å². The summed E-state index contributed by atoms with van der Waals surface area (Å²) in [6.45, 7) is 3.38. The third-order valence-corrected chi connectivity index (χ3v) is 5.49. The first-order valence-corrected chi connectivity index (χ1v) is 11.1. The van der Waals surface area contributed by atoms with Gasteiger partial charge in [0.2, 0.25) is 12.2 Å². The molecule has 0 bridgehead atoms. The molecular formula is C22H33N3O10. The molecule has 3 N–H and O–H groups in total. The summed E-state index contributed by atoms with van der Waals surface area (Å²) >= 11 is 0. The van der Waals surface area contributed by atoms with Gasteiger partial charge in [0.1, 0.15) is 18.8 Å². The number of hydrogen-bond donors (Lipinski definition) is 3. The van der Waals surface area contributed by atoms with Crippen molar-refractivity contribution in [3.05, 3.63) is 33.9 Å². The molecule has 13 heteroatoms. The van der Waals surface area contributed by atoms with E-state index < -0.39 is 47.9 Å². The first-order chi connectivity index (χ1) is 16.4. The number of nitro benzene ring substituents is 1. The van der Waals surface area contributed by atoms with Crippen molar-refractivity contribution in [1.82, 2.24) is 9.80 Å². The maximum atomic E-state index is 12.3. The van der Waals surface area contributed by atoms with E-state index in [0.29, 0.717) is 12.1 Å². The topological polar surface area (TPSA) is 172 Å². The molecule has 0 radical (unpaired) electrons. The van der Waals surface area contributed by atoms with E-state index in [2.05, 4.69) is 0 Å². The number of nitro groups is 1. The van der Waals surface area contributed by atoms with Crippen LogP contribution in [-0.2, 0) is 20.9 Å². The molecule has 0 aliphatic carbocycles. The number of aliphatic hydroxyl groups excluding tert-OH is 3. The van der Waals surface area contributed by atoms with Crippen LogP contribution in [0.2, 0.25) is 0 Å². The predicted octanol–water partition coefficient (Wildman–Crippen LogP) is 0.486. The summed E-state index contributed by atoms with van der Waals surface area (Å²) < 4.78 is 16.0. The molecule has 0 unspecified atom stereocenters. The Morgan fingerprint density at radius 2 is 1.86 bits per heavy atom. The Morgan fingerprint density at radius 3 is 2.46 bits per heavy atom. The minimum absolute atomic E-state index is 0.0457. The molecule has 196 valence electrons. The summed E-state index contributed by atoms with van der Waals surface area (Å²) in [6, 6.07) is 3.91. The van der Waals surface area contributed by atoms with Crippen LogP contribution >= 0.6 is 0 Å². The van der Waals surface area contributed by atoms with E-state index in [1.807, 2.05) is 0 Å². The maximum absolute atomic E-state index is 12.3. The summed E-state index contributed by atoms with van der Waals surface area (Å²) in [7, 11) is 3.16. The van der Waals surface area contributed by atoms with Gasteiger partial charge in [-0.1, -0.05) is 19.9 Å². The number of nitrogens with zero attached hydrogens (tertiary/aromatic N) is 3. The zero-order valence-corrected chi connectivity index (χ0v) is 20.2. The highest BCUT2D eigenvalue weighted by atomic mass is 16.7. The quantitative estimate of drug-likeness (QED) is 0.304. The minimum Gasteiger partial charge on any atom is -0.455 e. The molecule has 0 spiro atoms. The first kappa shape index (κ1) is 28.2. The number of aliphatic hydroxyl groups is 3. The Balaban J connectivity index is 1.98. The molecule has 1 aliphatic rings. The Morgan fingerprint density at radius 1 is 1.20 bits per heavy atom. The lowest BCUT2D eigenvalue weighted by Crippen LogP contribution is -2.51. The average molecular weight is 500 g/mol. The van der Waals surface area contributed by atoms with Gasteiger partial charge in [-0.15, -0.1) is 0 Å². The van der Waals surface area contributed by atoms with Crippen molar-refractivity contribution >= 4 is 17.7 Å². The number of carbonyl (C=O) groups is 2. The molecule has 1 aliphatic heterocycles. The van der Waals surface area contributed by atoms with Crippen molar-refractivity contribution < 1.29 is 44.0 Å². The van der Waals surface area contributed by atoms with Crippen LogP contribution in [0.5, 0.6) is 5.75 Å². The van der Waals surface area contributed by atoms with E-state index in [-0.39, 0.29) is 37.1 Å². The van der Waals surface area contributed by atoms with E-state index in [1.165, 1.54) is 35.0 Å². The standard InChI is InChI=1S/C22H33N3O10/c1-13(2)20(29)23(3)7-8-24(4)22(30)33-12-14-5-6-18(15(9-14)25(31)32)34-21-17(28)10-16(27)19(11-26)35-21/h5-6,9,13,16-17,19,21,26-28H,7-8,10-12H2,1-4H3/t16-,17-,19-,21-/m1/s1. The molecule has 1 heterocycles. The van der Waals surface area contributed by atoms with Gasteiger partial charge < -0.3 is 39.3 Å². The van der Waals surface area contributed by atoms with Crippen molar-refractivity contribution in [3.63, 3.8) is 0 Å². The molecule has 2 rings (SSSR count). The van der Waals surface area contributed by atoms with E-state index in [1.54, 1.807) is 20.9 Å². The van der Waals surface area contributed by atoms with Crippen molar-refractivity contribution in [2.75, 3.05) is 33.8 Å². The maximum Gasteiger partial charge on any atom is 0.409 e. The van der Waals surface area contributed by atoms with Gasteiger partial charge in [-0.2, -0.15) is 0 Å². The van der Waals surface area contributed by atoms with Gasteiger partial charge in [-0.25, -0.2) is 4.79 Å². The predicted molar refractivity (Wildman–Crippen MR) is 121 cm³/mol. The monoisotopic (exact) mass is 499 g/mol. The number of benzene rings is 1. The van der Waals surface area contributed by atoms with Gasteiger partial charge >= 0.3 is 11.8 Å². The van der Waals surface area contributed by atoms with Crippen LogP contribution < -0.4 is 4.74 Å². The molecule has 2 amide bonds. The Hall–Kier alpha value is -3.00. The molecule has 0 aromatic heterocycles. The SMILES string of the molecule is CC(C)C(=O)N(C)CCN(C)C(=O)OCc1ccc(O[C@@H]2O[C@H](CO)[C@H](O)C[C@H]2O)c([N+](=O)[O-])c1. The second kappa shape index (κ2) is 12.6. The van der Waals surface area contributed by atoms with Crippen LogP contribution in [-0.4, -0.2) is 100 Å². The summed E-state index contributed by atoms with van der Waals surface area (Å²) in [5.74, 6) is -0.400. The fourth-order valence-electron chi connectivity index (χ4n) is 3.35.